The van der Waals surface area contributed by atoms with Crippen LogP contribution in [0.25, 0.3) is 4.96 Å². The average Bonchev–Trinajstić information content (AvgIpc) is 2.79. The lowest BCUT2D eigenvalue weighted by atomic mass is 10.3. The molecule has 0 atom stereocenters. The van der Waals surface area contributed by atoms with E-state index in [1.165, 1.54) is 11.3 Å². The maximum atomic E-state index is 11.4. The van der Waals surface area contributed by atoms with E-state index >= 15 is 0 Å². The first-order chi connectivity index (χ1) is 10.2. The molecular formula is C11H13BF4N2O2S2. The molecule has 0 radical (unpaired) electrons. The van der Waals surface area contributed by atoms with Crippen LogP contribution in [0.5, 0.6) is 0 Å². The van der Waals surface area contributed by atoms with E-state index in [1.54, 1.807) is 11.8 Å². The first-order valence-electron chi connectivity index (χ1n) is 6.10. The average molecular weight is 356 g/mol. The highest BCUT2D eigenvalue weighted by Gasteiger charge is 2.20. The topological polar surface area (TPSA) is 43.3 Å². The molecule has 22 heavy (non-hydrogen) atoms. The molecule has 2 aromatic rings. The van der Waals surface area contributed by atoms with Crippen LogP contribution < -0.4 is 4.40 Å². The minimum Gasteiger partial charge on any atom is -0.466 e. The Morgan fingerprint density at radius 1 is 1.45 bits per heavy atom. The minimum atomic E-state index is -6.00. The van der Waals surface area contributed by atoms with Gasteiger partial charge in [-0.1, -0.05) is 23.1 Å². The van der Waals surface area contributed by atoms with Crippen molar-refractivity contribution in [2.75, 3.05) is 12.9 Å². The SMILES string of the molecule is CCOC(=O)Cc1csc2nc(SC)cc[n+]12.F[B-](F)(F)F. The highest BCUT2D eigenvalue weighted by atomic mass is 32.2. The van der Waals surface area contributed by atoms with Gasteiger partial charge in [0.05, 0.1) is 6.61 Å². The number of thioether (sulfide) groups is 1. The quantitative estimate of drug-likeness (QED) is 0.211. The van der Waals surface area contributed by atoms with Crippen molar-refractivity contribution in [1.82, 2.24) is 4.98 Å². The Hall–Kier alpha value is -1.36. The first-order valence-corrected chi connectivity index (χ1v) is 8.20. The van der Waals surface area contributed by atoms with Crippen molar-refractivity contribution in [2.24, 2.45) is 0 Å². The van der Waals surface area contributed by atoms with Crippen LogP contribution in [0.3, 0.4) is 0 Å². The molecule has 2 heterocycles. The summed E-state index contributed by atoms with van der Waals surface area (Å²) in [5, 5.41) is 2.93. The minimum absolute atomic E-state index is 0.200. The molecule has 11 heteroatoms. The van der Waals surface area contributed by atoms with Gasteiger partial charge < -0.3 is 22.0 Å². The second-order valence-electron chi connectivity index (χ2n) is 3.83. The van der Waals surface area contributed by atoms with E-state index in [0.717, 1.165) is 15.7 Å². The Balaban J connectivity index is 0.000000422. The van der Waals surface area contributed by atoms with Crippen molar-refractivity contribution in [3.8, 4) is 0 Å². The normalized spacial score (nSPS) is 11.0. The van der Waals surface area contributed by atoms with Gasteiger partial charge in [0.25, 0.3) is 0 Å². The van der Waals surface area contributed by atoms with Crippen molar-refractivity contribution < 1.29 is 31.2 Å². The maximum absolute atomic E-state index is 11.4. The molecule has 0 aromatic carbocycles. The summed E-state index contributed by atoms with van der Waals surface area (Å²) in [6, 6.07) is 1.94. The van der Waals surface area contributed by atoms with Crippen LogP contribution >= 0.6 is 23.1 Å². The largest absolute Gasteiger partial charge is 0.673 e. The Bertz CT molecular complexity index is 630. The predicted molar refractivity (Wildman–Crippen MR) is 77.6 cm³/mol. The standard InChI is InChI=1S/C11H13N2O2S2.BF4/c1-3-15-10(14)6-8-7-17-11-12-9(16-2)4-5-13(8)11;2-1(3,4)5/h4-5,7H,3,6H2,1-2H3;/q+1;-1. The molecule has 122 valence electrons. The van der Waals surface area contributed by atoms with Crippen LogP contribution in [0.1, 0.15) is 12.6 Å². The zero-order chi connectivity index (χ0) is 16.8. The molecule has 2 rings (SSSR count). The van der Waals surface area contributed by atoms with Crippen LogP contribution in [0, 0.1) is 0 Å². The van der Waals surface area contributed by atoms with Gasteiger partial charge >= 0.3 is 18.2 Å². The van der Waals surface area contributed by atoms with Gasteiger partial charge in [0, 0.05) is 11.4 Å². The number of nitrogens with zero attached hydrogens (tertiary/aromatic N) is 2. The third-order valence-corrected chi connectivity index (χ3v) is 3.76. The number of esters is 1. The number of halogens is 4. The Morgan fingerprint density at radius 2 is 2.09 bits per heavy atom. The zero-order valence-electron chi connectivity index (χ0n) is 11.8. The fourth-order valence-electron chi connectivity index (χ4n) is 1.47. The van der Waals surface area contributed by atoms with Crippen LogP contribution in [0.2, 0.25) is 0 Å². The number of aromatic nitrogens is 2. The molecule has 0 aliphatic carbocycles. The third kappa shape index (κ3) is 6.61. The van der Waals surface area contributed by atoms with Gasteiger partial charge in [-0.05, 0) is 18.2 Å². The fourth-order valence-corrected chi connectivity index (χ4v) is 2.78. The van der Waals surface area contributed by atoms with Crippen molar-refractivity contribution in [1.29, 1.82) is 0 Å². The number of ether oxygens (including phenoxy) is 1. The number of thiazole rings is 1. The van der Waals surface area contributed by atoms with E-state index in [-0.39, 0.29) is 5.97 Å². The number of carbonyl (C=O) groups excluding carboxylic acids is 1. The van der Waals surface area contributed by atoms with E-state index in [4.69, 9.17) is 4.74 Å². The number of hydrogen-bond acceptors (Lipinski definition) is 5. The van der Waals surface area contributed by atoms with E-state index < -0.39 is 7.25 Å². The fraction of sp³-hybridized carbons (Fsp3) is 0.364. The molecule has 0 unspecified atom stereocenters. The van der Waals surface area contributed by atoms with E-state index in [2.05, 4.69) is 4.98 Å². The lowest BCUT2D eigenvalue weighted by Gasteiger charge is -1.98. The molecule has 0 fully saturated rings. The molecule has 0 amide bonds. The van der Waals surface area contributed by atoms with Crippen molar-refractivity contribution >= 4 is 41.3 Å². The summed E-state index contributed by atoms with van der Waals surface area (Å²) in [6.45, 7) is 2.23. The van der Waals surface area contributed by atoms with E-state index in [1.807, 2.05) is 35.2 Å². The maximum Gasteiger partial charge on any atom is 0.673 e. The van der Waals surface area contributed by atoms with E-state index in [0.29, 0.717) is 13.0 Å². The van der Waals surface area contributed by atoms with Crippen LogP contribution in [0.4, 0.5) is 17.3 Å². The van der Waals surface area contributed by atoms with E-state index in [9.17, 15) is 22.1 Å². The first kappa shape index (κ1) is 18.7. The zero-order valence-corrected chi connectivity index (χ0v) is 13.4. The Kier molecular flexibility index (Phi) is 7.07. The summed E-state index contributed by atoms with van der Waals surface area (Å²) in [6.07, 6.45) is 4.23. The Morgan fingerprint density at radius 3 is 2.64 bits per heavy atom. The highest BCUT2D eigenvalue weighted by molar-refractivity contribution is 7.98. The second-order valence-corrected chi connectivity index (χ2v) is 5.49. The van der Waals surface area contributed by atoms with Crippen molar-refractivity contribution in [2.45, 2.75) is 18.4 Å². The van der Waals surface area contributed by atoms with Crippen LogP contribution in [0.15, 0.2) is 22.7 Å². The smallest absolute Gasteiger partial charge is 0.466 e. The molecule has 2 aromatic heterocycles. The van der Waals surface area contributed by atoms with Gasteiger partial charge in [0.2, 0.25) is 5.03 Å². The molecule has 4 nitrogen and oxygen atoms in total. The lowest BCUT2D eigenvalue weighted by molar-refractivity contribution is -0.519. The van der Waals surface area contributed by atoms with Crippen molar-refractivity contribution in [3.63, 3.8) is 0 Å². The summed E-state index contributed by atoms with van der Waals surface area (Å²) in [7, 11) is -6.00. The molecular weight excluding hydrogens is 343 g/mol. The second kappa shape index (κ2) is 8.32. The molecule has 0 saturated heterocycles. The predicted octanol–water partition coefficient (Wildman–Crippen LogP) is 3.01. The summed E-state index contributed by atoms with van der Waals surface area (Å²) < 4.78 is 45.9. The number of fused-ring (bicyclic) bond motifs is 1. The molecule has 0 saturated carbocycles. The van der Waals surface area contributed by atoms with Crippen LogP contribution in [-0.4, -0.2) is 31.1 Å². The third-order valence-electron chi connectivity index (χ3n) is 2.23. The monoisotopic (exact) mass is 356 g/mol. The summed E-state index contributed by atoms with van der Waals surface area (Å²) in [5.74, 6) is -0.200. The lowest BCUT2D eigenvalue weighted by Crippen LogP contribution is -2.27. The van der Waals surface area contributed by atoms with Gasteiger partial charge in [0.1, 0.15) is 18.3 Å². The van der Waals surface area contributed by atoms with Gasteiger partial charge in [-0.25, -0.2) is 0 Å². The number of carbonyl (C=O) groups is 1. The number of hydrogen-bond donors (Lipinski definition) is 0. The summed E-state index contributed by atoms with van der Waals surface area (Å²) in [4.78, 5) is 16.8. The van der Waals surface area contributed by atoms with Gasteiger partial charge in [-0.15, -0.1) is 0 Å². The Labute approximate surface area is 132 Å². The van der Waals surface area contributed by atoms with Gasteiger partial charge in [0.15, 0.2) is 0 Å². The number of rotatable bonds is 4. The summed E-state index contributed by atoms with van der Waals surface area (Å²) in [5.41, 5.74) is 0.920. The van der Waals surface area contributed by atoms with Crippen molar-refractivity contribution in [3.05, 3.63) is 23.3 Å². The molecule has 0 aliphatic heterocycles. The molecule has 0 bridgehead atoms. The van der Waals surface area contributed by atoms with Gasteiger partial charge in [-0.2, -0.15) is 4.40 Å². The molecule has 0 spiro atoms. The molecule has 0 aliphatic rings. The molecule has 0 N–H and O–H groups in total. The van der Waals surface area contributed by atoms with Crippen LogP contribution in [-0.2, 0) is 16.0 Å². The highest BCUT2D eigenvalue weighted by Crippen LogP contribution is 2.14. The summed E-state index contributed by atoms with van der Waals surface area (Å²) >= 11 is 3.14. The van der Waals surface area contributed by atoms with Gasteiger partial charge in [-0.3, -0.25) is 4.79 Å².